The molecule has 2 saturated heterocycles. The molecule has 1 aromatic heterocycles. The summed E-state index contributed by atoms with van der Waals surface area (Å²) in [6.45, 7) is 5.21. The Bertz CT molecular complexity index is 932. The van der Waals surface area contributed by atoms with Crippen molar-refractivity contribution in [2.75, 3.05) is 55.9 Å². The molecule has 0 N–H and O–H groups in total. The van der Waals surface area contributed by atoms with Crippen molar-refractivity contribution in [3.05, 3.63) is 42.0 Å². The second kappa shape index (κ2) is 8.22. The lowest BCUT2D eigenvalue weighted by atomic mass is 10.2. The van der Waals surface area contributed by atoms with Gasteiger partial charge >= 0.3 is 0 Å². The number of anilines is 2. The van der Waals surface area contributed by atoms with Gasteiger partial charge < -0.3 is 24.2 Å². The Morgan fingerprint density at radius 2 is 1.50 bits per heavy atom. The van der Waals surface area contributed by atoms with Crippen molar-refractivity contribution in [3.8, 4) is 11.5 Å². The van der Waals surface area contributed by atoms with Crippen molar-refractivity contribution in [1.82, 2.24) is 15.1 Å². The van der Waals surface area contributed by atoms with Gasteiger partial charge in [0.2, 0.25) is 12.7 Å². The molecule has 1 aromatic carbocycles. The van der Waals surface area contributed by atoms with Gasteiger partial charge in [0.1, 0.15) is 0 Å². The van der Waals surface area contributed by atoms with E-state index >= 15 is 0 Å². The van der Waals surface area contributed by atoms with Gasteiger partial charge in [-0.25, -0.2) is 0 Å². The molecular weight excluding hydrogens is 382 g/mol. The number of fused-ring (bicyclic) bond motifs is 1. The quantitative estimate of drug-likeness (QED) is 0.720. The Morgan fingerprint density at radius 1 is 0.833 bits per heavy atom. The van der Waals surface area contributed by atoms with Gasteiger partial charge in [-0.15, -0.1) is 10.2 Å². The molecule has 0 bridgehead atoms. The predicted octanol–water partition coefficient (Wildman–Crippen LogP) is 2.17. The highest BCUT2D eigenvalue weighted by molar-refractivity contribution is 5.92. The third-order valence-corrected chi connectivity index (χ3v) is 5.80. The van der Waals surface area contributed by atoms with Crippen molar-refractivity contribution in [1.29, 1.82) is 0 Å². The molecule has 3 aliphatic heterocycles. The first kappa shape index (κ1) is 18.7. The smallest absolute Gasteiger partial charge is 0.246 e. The van der Waals surface area contributed by atoms with Crippen LogP contribution in [0.5, 0.6) is 11.5 Å². The molecule has 30 heavy (non-hydrogen) atoms. The van der Waals surface area contributed by atoms with Crippen LogP contribution in [-0.2, 0) is 4.79 Å². The highest BCUT2D eigenvalue weighted by atomic mass is 16.7. The molecule has 8 heteroatoms. The molecule has 0 radical (unpaired) electrons. The van der Waals surface area contributed by atoms with Gasteiger partial charge in [-0.1, -0.05) is 6.07 Å². The fraction of sp³-hybridized carbons (Fsp3) is 0.409. The van der Waals surface area contributed by atoms with Gasteiger partial charge in [0.05, 0.1) is 0 Å². The summed E-state index contributed by atoms with van der Waals surface area (Å²) in [5.74, 6) is 3.31. The lowest BCUT2D eigenvalue weighted by molar-refractivity contribution is -0.126. The summed E-state index contributed by atoms with van der Waals surface area (Å²) in [7, 11) is 0. The summed E-state index contributed by atoms with van der Waals surface area (Å²) in [4.78, 5) is 18.9. The molecule has 156 valence electrons. The highest BCUT2D eigenvalue weighted by Crippen LogP contribution is 2.32. The van der Waals surface area contributed by atoms with Crippen LogP contribution in [0.1, 0.15) is 18.4 Å². The maximum absolute atomic E-state index is 12.6. The molecule has 8 nitrogen and oxygen atoms in total. The number of hydrogen-bond acceptors (Lipinski definition) is 7. The lowest BCUT2D eigenvalue weighted by Gasteiger charge is -2.34. The molecular formula is C22H25N5O3. The van der Waals surface area contributed by atoms with Gasteiger partial charge in [0.25, 0.3) is 0 Å². The first-order valence-electron chi connectivity index (χ1n) is 10.5. The van der Waals surface area contributed by atoms with Crippen LogP contribution in [0, 0.1) is 0 Å². The van der Waals surface area contributed by atoms with Crippen LogP contribution in [0.15, 0.2) is 36.4 Å². The monoisotopic (exact) mass is 407 g/mol. The van der Waals surface area contributed by atoms with E-state index in [2.05, 4.69) is 26.1 Å². The van der Waals surface area contributed by atoms with Crippen molar-refractivity contribution in [3.63, 3.8) is 0 Å². The summed E-state index contributed by atoms with van der Waals surface area (Å²) in [5, 5.41) is 8.82. The summed E-state index contributed by atoms with van der Waals surface area (Å²) in [5.41, 5.74) is 0.916. The highest BCUT2D eigenvalue weighted by Gasteiger charge is 2.22. The number of hydrogen-bond donors (Lipinski definition) is 0. The Morgan fingerprint density at radius 3 is 2.20 bits per heavy atom. The maximum Gasteiger partial charge on any atom is 0.246 e. The van der Waals surface area contributed by atoms with E-state index in [1.54, 1.807) is 6.08 Å². The third kappa shape index (κ3) is 3.90. The second-order valence-corrected chi connectivity index (χ2v) is 7.70. The Hall–Kier alpha value is -3.29. The zero-order valence-electron chi connectivity index (χ0n) is 16.9. The zero-order chi connectivity index (χ0) is 20.3. The van der Waals surface area contributed by atoms with Crippen molar-refractivity contribution < 1.29 is 14.3 Å². The van der Waals surface area contributed by atoms with Crippen LogP contribution in [0.25, 0.3) is 6.08 Å². The Balaban J connectivity index is 1.15. The van der Waals surface area contributed by atoms with Gasteiger partial charge in [-0.2, -0.15) is 0 Å². The van der Waals surface area contributed by atoms with Gasteiger partial charge in [0.15, 0.2) is 23.1 Å². The van der Waals surface area contributed by atoms with E-state index in [1.165, 1.54) is 12.8 Å². The van der Waals surface area contributed by atoms with E-state index in [9.17, 15) is 4.79 Å². The molecule has 2 fully saturated rings. The maximum atomic E-state index is 12.6. The van der Waals surface area contributed by atoms with Crippen LogP contribution < -0.4 is 19.3 Å². The van der Waals surface area contributed by atoms with Crippen LogP contribution in [0.3, 0.4) is 0 Å². The number of nitrogens with zero attached hydrogens (tertiary/aromatic N) is 5. The molecule has 2 aromatic rings. The second-order valence-electron chi connectivity index (χ2n) is 7.70. The third-order valence-electron chi connectivity index (χ3n) is 5.80. The Kier molecular flexibility index (Phi) is 5.13. The first-order chi connectivity index (χ1) is 14.8. The van der Waals surface area contributed by atoms with E-state index in [1.807, 2.05) is 35.2 Å². The van der Waals surface area contributed by atoms with Crippen molar-refractivity contribution in [2.24, 2.45) is 0 Å². The molecule has 5 rings (SSSR count). The van der Waals surface area contributed by atoms with E-state index in [4.69, 9.17) is 9.47 Å². The standard InChI is InChI=1S/C22H25N5O3/c28-22(8-4-17-3-5-18-19(15-17)30-16-29-18)27-13-11-26(12-14-27)21-7-6-20(23-24-21)25-9-1-2-10-25/h3-8,15H,1-2,9-14,16H2/b8-4+. The van der Waals surface area contributed by atoms with E-state index in [0.717, 1.165) is 54.9 Å². The molecule has 1 amide bonds. The van der Waals surface area contributed by atoms with Crippen LogP contribution in [-0.4, -0.2) is 67.1 Å². The number of ether oxygens (including phenoxy) is 2. The van der Waals surface area contributed by atoms with Crippen LogP contribution in [0.4, 0.5) is 11.6 Å². The van der Waals surface area contributed by atoms with Gasteiger partial charge in [0, 0.05) is 45.3 Å². The molecule has 4 heterocycles. The molecule has 3 aliphatic rings. The fourth-order valence-electron chi connectivity index (χ4n) is 4.05. The molecule has 0 aliphatic carbocycles. The number of piperazine rings is 1. The average molecular weight is 407 g/mol. The molecule has 0 atom stereocenters. The minimum Gasteiger partial charge on any atom is -0.454 e. The fourth-order valence-corrected chi connectivity index (χ4v) is 4.05. The van der Waals surface area contributed by atoms with E-state index < -0.39 is 0 Å². The largest absolute Gasteiger partial charge is 0.454 e. The minimum atomic E-state index is 0.0165. The number of rotatable bonds is 4. The summed E-state index contributed by atoms with van der Waals surface area (Å²) < 4.78 is 10.7. The van der Waals surface area contributed by atoms with Crippen molar-refractivity contribution >= 4 is 23.6 Å². The number of aromatic nitrogens is 2. The number of benzene rings is 1. The van der Waals surface area contributed by atoms with Crippen LogP contribution >= 0.6 is 0 Å². The van der Waals surface area contributed by atoms with Gasteiger partial charge in [-0.3, -0.25) is 4.79 Å². The number of carbonyl (C=O) groups is 1. The normalized spacial score (nSPS) is 18.5. The predicted molar refractivity (Wildman–Crippen MR) is 114 cm³/mol. The SMILES string of the molecule is O=C(/C=C/c1ccc2c(c1)OCO2)N1CCN(c2ccc(N3CCCC3)nn2)CC1. The summed E-state index contributed by atoms with van der Waals surface area (Å²) in [6, 6.07) is 9.76. The summed E-state index contributed by atoms with van der Waals surface area (Å²) >= 11 is 0. The first-order valence-corrected chi connectivity index (χ1v) is 10.5. The molecule has 0 unspecified atom stereocenters. The van der Waals surface area contributed by atoms with Crippen molar-refractivity contribution in [2.45, 2.75) is 12.8 Å². The average Bonchev–Trinajstić information content (AvgIpc) is 3.49. The minimum absolute atomic E-state index is 0.0165. The zero-order valence-corrected chi connectivity index (χ0v) is 16.9. The molecule has 0 saturated carbocycles. The lowest BCUT2D eigenvalue weighted by Crippen LogP contribution is -2.48. The van der Waals surface area contributed by atoms with E-state index in [-0.39, 0.29) is 12.7 Å². The summed E-state index contributed by atoms with van der Waals surface area (Å²) in [6.07, 6.45) is 5.89. The van der Waals surface area contributed by atoms with E-state index in [0.29, 0.717) is 13.1 Å². The molecule has 0 spiro atoms. The number of amides is 1. The topological polar surface area (TPSA) is 71.0 Å². The van der Waals surface area contributed by atoms with Crippen LogP contribution in [0.2, 0.25) is 0 Å². The Labute approximate surface area is 175 Å². The van der Waals surface area contributed by atoms with Gasteiger partial charge in [-0.05, 0) is 48.7 Å². The number of carbonyl (C=O) groups excluding carboxylic acids is 1.